The van der Waals surface area contributed by atoms with Gasteiger partial charge in [0.2, 0.25) is 0 Å². The van der Waals surface area contributed by atoms with Crippen molar-refractivity contribution in [3.63, 3.8) is 0 Å². The molecule has 0 radical (unpaired) electrons. The molecule has 0 spiro atoms. The van der Waals surface area contributed by atoms with Gasteiger partial charge in [0.15, 0.2) is 5.78 Å². The molecule has 33 heavy (non-hydrogen) atoms. The number of anilines is 1. The number of unbranched alkanes of at least 4 members (excludes halogenated alkanes) is 12. The normalized spacial score (nSPS) is 11.3. The summed E-state index contributed by atoms with van der Waals surface area (Å²) in [4.78, 5) is 13.6. The maximum absolute atomic E-state index is 12.3. The fourth-order valence-electron chi connectivity index (χ4n) is 3.97. The first kappa shape index (κ1) is 27.2. The Labute approximate surface area is 206 Å². The first-order valence-electron chi connectivity index (χ1n) is 13.0. The minimum Gasteiger partial charge on any atom is -0.398 e. The number of nitrogens with two attached hydrogens (primary N) is 1. The van der Waals surface area contributed by atoms with Gasteiger partial charge in [0, 0.05) is 16.1 Å². The Morgan fingerprint density at radius 1 is 0.758 bits per heavy atom. The van der Waals surface area contributed by atoms with Crippen LogP contribution in [0.2, 0.25) is 0 Å². The number of carbonyl (C=O) groups excluding carboxylic acids is 1. The molecule has 0 saturated heterocycles. The lowest BCUT2D eigenvalue weighted by molar-refractivity contribution is 0.104. The Morgan fingerprint density at radius 2 is 1.30 bits per heavy atom. The molecule has 180 valence electrons. The van der Waals surface area contributed by atoms with Gasteiger partial charge in [-0.1, -0.05) is 114 Å². The molecule has 0 fully saturated rings. The Hall–Kier alpha value is -2.00. The lowest BCUT2D eigenvalue weighted by Crippen LogP contribution is -1.99. The quantitative estimate of drug-likeness (QED) is 0.0784. The van der Waals surface area contributed by atoms with Gasteiger partial charge in [0.25, 0.3) is 0 Å². The van der Waals surface area contributed by atoms with Crippen LogP contribution < -0.4 is 5.73 Å². The average molecular weight is 466 g/mol. The molecular formula is C30H43NOS. The van der Waals surface area contributed by atoms with Crippen LogP contribution in [0.3, 0.4) is 0 Å². The molecule has 0 aromatic heterocycles. The lowest BCUT2D eigenvalue weighted by atomic mass is 10.1. The highest BCUT2D eigenvalue weighted by atomic mass is 32.2. The number of thioether (sulfide) groups is 1. The van der Waals surface area contributed by atoms with Crippen LogP contribution in [0.1, 0.15) is 106 Å². The molecule has 2 aromatic rings. The molecule has 2 rings (SSSR count). The Bertz CT molecular complexity index is 812. The van der Waals surface area contributed by atoms with Crippen LogP contribution in [0.15, 0.2) is 59.5 Å². The van der Waals surface area contributed by atoms with E-state index in [1.165, 1.54) is 94.1 Å². The maximum atomic E-state index is 12.3. The van der Waals surface area contributed by atoms with Crippen molar-refractivity contribution in [2.24, 2.45) is 0 Å². The summed E-state index contributed by atoms with van der Waals surface area (Å²) in [6, 6.07) is 15.6. The summed E-state index contributed by atoms with van der Waals surface area (Å²) in [5, 5.41) is 0. The second-order valence-corrected chi connectivity index (χ2v) is 10.1. The van der Waals surface area contributed by atoms with E-state index in [2.05, 4.69) is 31.2 Å². The Kier molecular flexibility index (Phi) is 14.4. The molecule has 0 aliphatic rings. The molecule has 0 atom stereocenters. The average Bonchev–Trinajstić information content (AvgIpc) is 2.84. The molecule has 2 N–H and O–H groups in total. The van der Waals surface area contributed by atoms with Crippen LogP contribution in [0.5, 0.6) is 0 Å². The second-order valence-electron chi connectivity index (χ2n) is 8.94. The third-order valence-electron chi connectivity index (χ3n) is 6.05. The molecule has 0 amide bonds. The van der Waals surface area contributed by atoms with Gasteiger partial charge in [-0.15, -0.1) is 11.8 Å². The molecule has 0 saturated carbocycles. The van der Waals surface area contributed by atoms with Crippen molar-refractivity contribution >= 4 is 29.3 Å². The number of hydrogen-bond acceptors (Lipinski definition) is 3. The van der Waals surface area contributed by atoms with E-state index in [9.17, 15) is 4.79 Å². The van der Waals surface area contributed by atoms with Crippen molar-refractivity contribution < 1.29 is 4.79 Å². The number of hydrogen-bond donors (Lipinski definition) is 1. The zero-order valence-electron chi connectivity index (χ0n) is 20.6. The maximum Gasteiger partial charge on any atom is 0.187 e. The summed E-state index contributed by atoms with van der Waals surface area (Å²) in [7, 11) is 0. The Morgan fingerprint density at radius 3 is 1.88 bits per heavy atom. The minimum absolute atomic E-state index is 0.0611. The number of nitrogen functional groups attached to an aromatic ring is 1. The van der Waals surface area contributed by atoms with E-state index in [0.29, 0.717) is 11.3 Å². The summed E-state index contributed by atoms with van der Waals surface area (Å²) in [6.45, 7) is 2.28. The van der Waals surface area contributed by atoms with Crippen LogP contribution in [-0.4, -0.2) is 11.5 Å². The van der Waals surface area contributed by atoms with E-state index in [1.807, 2.05) is 30.0 Å². The standard InChI is InChI=1S/C30H43NOS/c1-2-3-4-5-6-7-8-9-10-11-12-13-16-25-33-27-22-19-26(20-23-27)21-24-30(32)28-17-14-15-18-29(28)31/h14-15,17-24H,2-13,16,25,31H2,1H3/b24-21+. The zero-order valence-corrected chi connectivity index (χ0v) is 21.4. The van der Waals surface area contributed by atoms with Crippen molar-refractivity contribution in [2.75, 3.05) is 11.5 Å². The van der Waals surface area contributed by atoms with E-state index in [-0.39, 0.29) is 5.78 Å². The van der Waals surface area contributed by atoms with Gasteiger partial charge in [-0.05, 0) is 48.1 Å². The van der Waals surface area contributed by atoms with Crippen molar-refractivity contribution in [3.8, 4) is 0 Å². The van der Waals surface area contributed by atoms with E-state index in [1.54, 1.807) is 18.2 Å². The fraction of sp³-hybridized carbons (Fsp3) is 0.500. The largest absolute Gasteiger partial charge is 0.398 e. The molecule has 0 aliphatic heterocycles. The second kappa shape index (κ2) is 17.5. The SMILES string of the molecule is CCCCCCCCCCCCCCCSc1ccc(/C=C/C(=O)c2ccccc2N)cc1. The van der Waals surface area contributed by atoms with Crippen LogP contribution in [0.25, 0.3) is 6.08 Å². The monoisotopic (exact) mass is 465 g/mol. The molecule has 0 heterocycles. The number of ketones is 1. The molecule has 3 heteroatoms. The highest BCUT2D eigenvalue weighted by molar-refractivity contribution is 7.99. The highest BCUT2D eigenvalue weighted by Crippen LogP contribution is 2.21. The molecule has 0 bridgehead atoms. The van der Waals surface area contributed by atoms with Gasteiger partial charge in [0.05, 0.1) is 0 Å². The third-order valence-corrected chi connectivity index (χ3v) is 7.15. The molecule has 2 aromatic carbocycles. The van der Waals surface area contributed by atoms with E-state index < -0.39 is 0 Å². The summed E-state index contributed by atoms with van der Waals surface area (Å²) in [6.07, 6.45) is 21.6. The zero-order chi connectivity index (χ0) is 23.6. The molecule has 0 aliphatic carbocycles. The molecular weight excluding hydrogens is 422 g/mol. The van der Waals surface area contributed by atoms with E-state index in [0.717, 1.165) is 5.56 Å². The van der Waals surface area contributed by atoms with Crippen LogP contribution >= 0.6 is 11.8 Å². The molecule has 0 unspecified atom stereocenters. The van der Waals surface area contributed by atoms with Gasteiger partial charge in [-0.2, -0.15) is 0 Å². The van der Waals surface area contributed by atoms with Gasteiger partial charge >= 0.3 is 0 Å². The predicted octanol–water partition coefficient (Wildman–Crippen LogP) is 9.35. The lowest BCUT2D eigenvalue weighted by Gasteiger charge is -2.04. The summed E-state index contributed by atoms with van der Waals surface area (Å²) in [5.74, 6) is 1.12. The van der Waals surface area contributed by atoms with Gasteiger partial charge in [0.1, 0.15) is 0 Å². The summed E-state index contributed by atoms with van der Waals surface area (Å²) < 4.78 is 0. The van der Waals surface area contributed by atoms with Crippen molar-refractivity contribution in [1.29, 1.82) is 0 Å². The van der Waals surface area contributed by atoms with Gasteiger partial charge in [-0.3, -0.25) is 4.79 Å². The topological polar surface area (TPSA) is 43.1 Å². The van der Waals surface area contributed by atoms with Crippen LogP contribution in [0.4, 0.5) is 5.69 Å². The number of allylic oxidation sites excluding steroid dienone is 1. The van der Waals surface area contributed by atoms with Crippen molar-refractivity contribution in [1.82, 2.24) is 0 Å². The number of carbonyl (C=O) groups is 1. The van der Waals surface area contributed by atoms with E-state index in [4.69, 9.17) is 5.73 Å². The predicted molar refractivity (Wildman–Crippen MR) is 147 cm³/mol. The Balaban J connectivity index is 1.50. The van der Waals surface area contributed by atoms with Gasteiger partial charge < -0.3 is 5.73 Å². The summed E-state index contributed by atoms with van der Waals surface area (Å²) in [5.41, 5.74) is 7.98. The fourth-order valence-corrected chi connectivity index (χ4v) is 4.88. The minimum atomic E-state index is -0.0611. The third kappa shape index (κ3) is 12.1. The number of rotatable bonds is 18. The smallest absolute Gasteiger partial charge is 0.187 e. The first-order chi connectivity index (χ1) is 16.2. The first-order valence-corrected chi connectivity index (χ1v) is 14.0. The highest BCUT2D eigenvalue weighted by Gasteiger charge is 2.05. The van der Waals surface area contributed by atoms with Crippen molar-refractivity contribution in [2.45, 2.75) is 95.3 Å². The van der Waals surface area contributed by atoms with Crippen LogP contribution in [0, 0.1) is 0 Å². The van der Waals surface area contributed by atoms with Crippen molar-refractivity contribution in [3.05, 3.63) is 65.7 Å². The van der Waals surface area contributed by atoms with Gasteiger partial charge in [-0.25, -0.2) is 0 Å². The van der Waals surface area contributed by atoms with E-state index >= 15 is 0 Å². The number of para-hydroxylation sites is 1. The summed E-state index contributed by atoms with van der Waals surface area (Å²) >= 11 is 1.93. The molecule has 2 nitrogen and oxygen atoms in total. The number of benzene rings is 2. The van der Waals surface area contributed by atoms with Crippen LogP contribution in [-0.2, 0) is 0 Å².